The SMILES string of the molecule is CC(C)C[C@H](NC(=O)N[C@@H](Cc1c[nH]c2ccccc12)C(=O)O)C(=O)N[C@H](C(=O)NC[C@H]1C[C@@H](O)[C@H](n2ccc(=O)[nH]c2=O)O1)[C@H](C)N(C)C(=O)[C@@H](N)CC(=O)O. The fourth-order valence-corrected chi connectivity index (χ4v) is 6.47. The topological polar surface area (TPSA) is 320 Å². The number of hydrogen-bond donors (Lipinski definition) is 10. The first-order chi connectivity index (χ1) is 26.9. The number of aliphatic hydroxyl groups excluding tert-OH is 1. The van der Waals surface area contributed by atoms with Gasteiger partial charge in [-0.1, -0.05) is 32.0 Å². The van der Waals surface area contributed by atoms with Gasteiger partial charge >= 0.3 is 23.7 Å². The third-order valence-corrected chi connectivity index (χ3v) is 9.56. The van der Waals surface area contributed by atoms with Crippen LogP contribution in [0.15, 0.2) is 52.3 Å². The zero-order valence-electron chi connectivity index (χ0n) is 31.8. The van der Waals surface area contributed by atoms with Gasteiger partial charge in [-0.05, 0) is 30.9 Å². The number of urea groups is 1. The van der Waals surface area contributed by atoms with E-state index in [2.05, 4.69) is 31.2 Å². The molecule has 8 atom stereocenters. The van der Waals surface area contributed by atoms with Gasteiger partial charge in [0.2, 0.25) is 17.7 Å². The molecule has 5 amide bonds. The molecule has 21 heteroatoms. The Bertz CT molecular complexity index is 2060. The second kappa shape index (κ2) is 19.2. The Kier molecular flexibility index (Phi) is 14.7. The summed E-state index contributed by atoms with van der Waals surface area (Å²) in [6.45, 7) is 4.70. The highest BCUT2D eigenvalue weighted by molar-refractivity contribution is 5.94. The number of rotatable bonds is 18. The number of H-pyrrole nitrogens is 2. The second-order valence-electron chi connectivity index (χ2n) is 14.3. The highest BCUT2D eigenvalue weighted by Gasteiger charge is 2.39. The predicted octanol–water partition coefficient (Wildman–Crippen LogP) is -1.67. The highest BCUT2D eigenvalue weighted by Crippen LogP contribution is 2.27. The van der Waals surface area contributed by atoms with Crippen molar-refractivity contribution in [2.75, 3.05) is 13.6 Å². The standard InChI is InChI=1S/C36H49N9O12/c1-17(2)11-24(40-35(55)41-25(34(53)54)12-19-15-38-23-8-6-5-7-21(19)23)30(50)43-29(18(3)44(4)32(52)22(37)14-28(48)49)31(51)39-16-20-13-26(46)33(57-20)45-10-9-27(47)42-36(45)56/h5-10,15,17-18,20,22,24-26,29,33,38,46H,11-14,16,37H2,1-4H3,(H,39,51)(H,43,50)(H,48,49)(H,53,54)(H2,40,41,55)(H,42,47,56)/t18-,20+,22-,24-,25-,26+,29-,33+/m0/s1. The van der Waals surface area contributed by atoms with Crippen LogP contribution in [0.25, 0.3) is 10.9 Å². The summed E-state index contributed by atoms with van der Waals surface area (Å²) in [6.07, 6.45) is -1.26. The van der Waals surface area contributed by atoms with Crippen LogP contribution in [0.3, 0.4) is 0 Å². The van der Waals surface area contributed by atoms with E-state index in [0.29, 0.717) is 5.56 Å². The number of carboxylic acid groups (broad SMARTS) is 2. The number of fused-ring (bicyclic) bond motifs is 1. The number of carbonyl (C=O) groups is 6. The third-order valence-electron chi connectivity index (χ3n) is 9.56. The van der Waals surface area contributed by atoms with Gasteiger partial charge in [0.05, 0.1) is 24.6 Å². The Morgan fingerprint density at radius 1 is 1.00 bits per heavy atom. The number of nitrogens with zero attached hydrogens (tertiary/aromatic N) is 2. The number of aliphatic hydroxyl groups is 1. The molecule has 3 heterocycles. The van der Waals surface area contributed by atoms with Crippen molar-refractivity contribution in [2.24, 2.45) is 11.7 Å². The van der Waals surface area contributed by atoms with Crippen LogP contribution in [0.2, 0.25) is 0 Å². The van der Waals surface area contributed by atoms with Crippen LogP contribution in [0.4, 0.5) is 4.79 Å². The molecular formula is C36H49N9O12. The van der Waals surface area contributed by atoms with Crippen LogP contribution >= 0.6 is 0 Å². The average molecular weight is 800 g/mol. The van der Waals surface area contributed by atoms with E-state index in [-0.39, 0.29) is 31.7 Å². The number of carboxylic acids is 2. The number of nitrogens with one attached hydrogen (secondary N) is 6. The minimum Gasteiger partial charge on any atom is -0.481 e. The van der Waals surface area contributed by atoms with Crippen molar-refractivity contribution in [2.45, 2.75) is 95.1 Å². The van der Waals surface area contributed by atoms with E-state index < -0.39 is 102 Å². The molecule has 1 saturated heterocycles. The molecule has 1 fully saturated rings. The molecule has 0 spiro atoms. The molecule has 0 aliphatic carbocycles. The summed E-state index contributed by atoms with van der Waals surface area (Å²) >= 11 is 0. The molecule has 0 bridgehead atoms. The van der Waals surface area contributed by atoms with Gasteiger partial charge in [-0.3, -0.25) is 33.5 Å². The zero-order valence-corrected chi connectivity index (χ0v) is 31.8. The van der Waals surface area contributed by atoms with E-state index in [4.69, 9.17) is 15.6 Å². The number of benzene rings is 1. The normalized spacial score (nSPS) is 19.2. The maximum Gasteiger partial charge on any atom is 0.330 e. The maximum absolute atomic E-state index is 13.9. The zero-order chi connectivity index (χ0) is 42.1. The quantitative estimate of drug-likeness (QED) is 0.0689. The number of likely N-dealkylation sites (N-methyl/N-ethyl adjacent to an activating group) is 1. The van der Waals surface area contributed by atoms with Crippen LogP contribution in [-0.2, 0) is 35.1 Å². The molecule has 4 rings (SSSR count). The molecule has 3 aromatic rings. The molecule has 1 aromatic carbocycles. The number of nitrogens with two attached hydrogens (primary N) is 1. The van der Waals surface area contributed by atoms with Crippen LogP contribution in [0, 0.1) is 5.92 Å². The summed E-state index contributed by atoms with van der Waals surface area (Å²) < 4.78 is 6.77. The molecular weight excluding hydrogens is 750 g/mol. The number of aliphatic carboxylic acids is 2. The first-order valence-electron chi connectivity index (χ1n) is 18.2. The Hall–Kier alpha value is -6.06. The van der Waals surface area contributed by atoms with Crippen molar-refractivity contribution in [1.29, 1.82) is 0 Å². The van der Waals surface area contributed by atoms with Crippen molar-refractivity contribution in [3.05, 3.63) is 69.1 Å². The monoisotopic (exact) mass is 799 g/mol. The third kappa shape index (κ3) is 11.5. The average Bonchev–Trinajstić information content (AvgIpc) is 3.73. The molecule has 1 aliphatic heterocycles. The summed E-state index contributed by atoms with van der Waals surface area (Å²) in [7, 11) is 1.27. The van der Waals surface area contributed by atoms with Crippen molar-refractivity contribution >= 4 is 46.6 Å². The number of para-hydroxylation sites is 1. The smallest absolute Gasteiger partial charge is 0.330 e. The van der Waals surface area contributed by atoms with E-state index >= 15 is 0 Å². The number of ether oxygens (including phenoxy) is 1. The van der Waals surface area contributed by atoms with Gasteiger partial charge in [-0.25, -0.2) is 14.4 Å². The Labute approximate surface area is 325 Å². The van der Waals surface area contributed by atoms with Crippen LogP contribution in [0.1, 0.15) is 51.8 Å². The lowest BCUT2D eigenvalue weighted by Gasteiger charge is -2.34. The number of carbonyl (C=O) groups excluding carboxylic acids is 4. The number of amides is 5. The van der Waals surface area contributed by atoms with Crippen molar-refractivity contribution < 1.29 is 48.8 Å². The molecule has 310 valence electrons. The van der Waals surface area contributed by atoms with Gasteiger partial charge in [-0.15, -0.1) is 0 Å². The predicted molar refractivity (Wildman–Crippen MR) is 202 cm³/mol. The van der Waals surface area contributed by atoms with Crippen LogP contribution in [0.5, 0.6) is 0 Å². The van der Waals surface area contributed by atoms with E-state index in [9.17, 15) is 48.6 Å². The molecule has 2 aromatic heterocycles. The van der Waals surface area contributed by atoms with Crippen molar-refractivity contribution in [1.82, 2.24) is 40.7 Å². The molecule has 0 radical (unpaired) electrons. The Morgan fingerprint density at radius 3 is 2.33 bits per heavy atom. The maximum atomic E-state index is 13.9. The molecule has 57 heavy (non-hydrogen) atoms. The highest BCUT2D eigenvalue weighted by atomic mass is 16.5. The molecule has 0 unspecified atom stereocenters. The van der Waals surface area contributed by atoms with Gasteiger partial charge in [0.1, 0.15) is 24.2 Å². The summed E-state index contributed by atoms with van der Waals surface area (Å²) in [6, 6.07) is 0.438. The van der Waals surface area contributed by atoms with Crippen LogP contribution in [-0.4, -0.2) is 126 Å². The van der Waals surface area contributed by atoms with E-state index in [1.165, 1.54) is 14.0 Å². The number of aromatic nitrogens is 3. The van der Waals surface area contributed by atoms with Gasteiger partial charge in [0, 0.05) is 55.8 Å². The van der Waals surface area contributed by atoms with Gasteiger partial charge < -0.3 is 56.9 Å². The van der Waals surface area contributed by atoms with Crippen LogP contribution < -0.4 is 38.2 Å². The lowest BCUT2D eigenvalue weighted by Crippen LogP contribution is -2.63. The van der Waals surface area contributed by atoms with Gasteiger partial charge in [0.25, 0.3) is 5.56 Å². The second-order valence-corrected chi connectivity index (χ2v) is 14.3. The van der Waals surface area contributed by atoms with E-state index in [0.717, 1.165) is 32.6 Å². The first kappa shape index (κ1) is 43.7. The van der Waals surface area contributed by atoms with E-state index in [1.807, 2.05) is 12.1 Å². The van der Waals surface area contributed by atoms with Gasteiger partial charge in [-0.2, -0.15) is 0 Å². The summed E-state index contributed by atoms with van der Waals surface area (Å²) in [4.78, 5) is 107. The number of hydrogen-bond acceptors (Lipinski definition) is 11. The summed E-state index contributed by atoms with van der Waals surface area (Å²) in [5.74, 6) is -5.42. The molecule has 11 N–H and O–H groups in total. The molecule has 21 nitrogen and oxygen atoms in total. The van der Waals surface area contributed by atoms with Crippen molar-refractivity contribution in [3.8, 4) is 0 Å². The Balaban J connectivity index is 1.51. The minimum atomic E-state index is -1.54. The van der Waals surface area contributed by atoms with Crippen molar-refractivity contribution in [3.63, 3.8) is 0 Å². The number of aromatic amines is 2. The summed E-state index contributed by atoms with van der Waals surface area (Å²) in [5.41, 5.74) is 5.75. The summed E-state index contributed by atoms with van der Waals surface area (Å²) in [5, 5.41) is 40.6. The minimum absolute atomic E-state index is 0.0414. The lowest BCUT2D eigenvalue weighted by molar-refractivity contribution is -0.143. The molecule has 1 aliphatic rings. The fourth-order valence-electron chi connectivity index (χ4n) is 6.47. The van der Waals surface area contributed by atoms with E-state index in [1.54, 1.807) is 32.2 Å². The lowest BCUT2D eigenvalue weighted by atomic mass is 10.0. The van der Waals surface area contributed by atoms with Gasteiger partial charge in [0.15, 0.2) is 6.23 Å². The molecule has 0 saturated carbocycles. The largest absolute Gasteiger partial charge is 0.481 e. The Morgan fingerprint density at radius 2 is 1.68 bits per heavy atom. The fraction of sp³-hybridized carbons (Fsp3) is 0.500. The first-order valence-corrected chi connectivity index (χ1v) is 18.2.